The first-order valence-corrected chi connectivity index (χ1v) is 7.02. The lowest BCUT2D eigenvalue weighted by Crippen LogP contribution is -2.40. The summed E-state index contributed by atoms with van der Waals surface area (Å²) in [5, 5.41) is 3.35. The second-order valence-corrected chi connectivity index (χ2v) is 6.26. The fraction of sp³-hybridized carbons (Fsp3) is 0.667. The summed E-state index contributed by atoms with van der Waals surface area (Å²) >= 11 is 0. The Kier molecular flexibility index (Phi) is 4.30. The zero-order valence-electron chi connectivity index (χ0n) is 12.1. The Labute approximate surface area is 115 Å². The van der Waals surface area contributed by atoms with Gasteiger partial charge in [-0.2, -0.15) is 0 Å². The summed E-state index contributed by atoms with van der Waals surface area (Å²) in [6.07, 6.45) is 4.46. The third-order valence-corrected chi connectivity index (χ3v) is 3.21. The van der Waals surface area contributed by atoms with E-state index < -0.39 is 0 Å². The zero-order chi connectivity index (χ0) is 13.9. The van der Waals surface area contributed by atoms with E-state index in [1.807, 2.05) is 17.0 Å². The third kappa shape index (κ3) is 4.71. The summed E-state index contributed by atoms with van der Waals surface area (Å²) in [7, 11) is 0. The molecule has 0 spiro atoms. The van der Waals surface area contributed by atoms with Gasteiger partial charge in [-0.25, -0.2) is 0 Å². The SMILES string of the molecule is CC(C)(C)NCCC(=O)N(Cc1ccco1)C1CC1. The largest absolute Gasteiger partial charge is 0.467 e. The molecule has 0 atom stereocenters. The maximum atomic E-state index is 12.3. The molecule has 1 aromatic heterocycles. The highest BCUT2D eigenvalue weighted by molar-refractivity contribution is 5.77. The molecule has 1 amide bonds. The first kappa shape index (κ1) is 14.1. The second kappa shape index (κ2) is 5.78. The molecular weight excluding hydrogens is 240 g/mol. The number of amides is 1. The Morgan fingerprint density at radius 2 is 2.21 bits per heavy atom. The number of furan rings is 1. The van der Waals surface area contributed by atoms with Crippen molar-refractivity contribution >= 4 is 5.91 Å². The van der Waals surface area contributed by atoms with Crippen LogP contribution in [0.4, 0.5) is 0 Å². The Hall–Kier alpha value is -1.29. The van der Waals surface area contributed by atoms with E-state index in [9.17, 15) is 4.79 Å². The molecule has 0 saturated heterocycles. The molecule has 4 nitrogen and oxygen atoms in total. The van der Waals surface area contributed by atoms with Crippen molar-refractivity contribution < 1.29 is 9.21 Å². The van der Waals surface area contributed by atoms with E-state index in [-0.39, 0.29) is 11.4 Å². The van der Waals surface area contributed by atoms with Gasteiger partial charge in [0.25, 0.3) is 0 Å². The molecule has 4 heteroatoms. The molecule has 1 aromatic rings. The smallest absolute Gasteiger partial charge is 0.224 e. The van der Waals surface area contributed by atoms with Gasteiger partial charge in [-0.3, -0.25) is 4.79 Å². The molecule has 1 saturated carbocycles. The van der Waals surface area contributed by atoms with Crippen LogP contribution in [0, 0.1) is 0 Å². The van der Waals surface area contributed by atoms with Crippen LogP contribution in [0.15, 0.2) is 22.8 Å². The van der Waals surface area contributed by atoms with E-state index in [1.54, 1.807) is 6.26 Å². The van der Waals surface area contributed by atoms with Crippen molar-refractivity contribution in [1.29, 1.82) is 0 Å². The standard InChI is InChI=1S/C15H24N2O2/c1-15(2,3)16-9-8-14(18)17(12-6-7-12)11-13-5-4-10-19-13/h4-5,10,12,16H,6-9,11H2,1-3H3. The fourth-order valence-electron chi connectivity index (χ4n) is 2.07. The van der Waals surface area contributed by atoms with Crippen LogP contribution in [-0.2, 0) is 11.3 Å². The van der Waals surface area contributed by atoms with E-state index in [0.717, 1.165) is 25.1 Å². The Morgan fingerprint density at radius 1 is 1.47 bits per heavy atom. The first-order chi connectivity index (χ1) is 8.96. The molecule has 1 N–H and O–H groups in total. The number of hydrogen-bond donors (Lipinski definition) is 1. The van der Waals surface area contributed by atoms with Gasteiger partial charge in [0.15, 0.2) is 0 Å². The van der Waals surface area contributed by atoms with Crippen molar-refractivity contribution in [3.05, 3.63) is 24.2 Å². The lowest BCUT2D eigenvalue weighted by atomic mass is 10.1. The summed E-state index contributed by atoms with van der Waals surface area (Å²) in [5.74, 6) is 1.08. The lowest BCUT2D eigenvalue weighted by molar-refractivity contribution is -0.132. The summed E-state index contributed by atoms with van der Waals surface area (Å²) in [6.45, 7) is 7.66. The number of hydrogen-bond acceptors (Lipinski definition) is 3. The number of nitrogens with one attached hydrogen (secondary N) is 1. The van der Waals surface area contributed by atoms with Gasteiger partial charge in [-0.15, -0.1) is 0 Å². The van der Waals surface area contributed by atoms with Gasteiger partial charge in [0.2, 0.25) is 5.91 Å². The van der Waals surface area contributed by atoms with Crippen molar-refractivity contribution in [2.45, 2.75) is 58.2 Å². The molecule has 0 aromatic carbocycles. The minimum atomic E-state index is 0.0612. The topological polar surface area (TPSA) is 45.5 Å². The van der Waals surface area contributed by atoms with Gasteiger partial charge in [-0.1, -0.05) is 0 Å². The van der Waals surface area contributed by atoms with Gasteiger partial charge in [0.1, 0.15) is 5.76 Å². The molecule has 1 aliphatic rings. The maximum absolute atomic E-state index is 12.3. The van der Waals surface area contributed by atoms with Crippen LogP contribution < -0.4 is 5.32 Å². The predicted octanol–water partition coefficient (Wildman–Crippen LogP) is 2.55. The average molecular weight is 264 g/mol. The summed E-state index contributed by atoms with van der Waals surface area (Å²) in [6, 6.07) is 4.22. The van der Waals surface area contributed by atoms with E-state index in [4.69, 9.17) is 4.42 Å². The van der Waals surface area contributed by atoms with Gasteiger partial charge < -0.3 is 14.6 Å². The summed E-state index contributed by atoms with van der Waals surface area (Å²) in [5.41, 5.74) is 0.0612. The predicted molar refractivity (Wildman–Crippen MR) is 74.7 cm³/mol. The van der Waals surface area contributed by atoms with Crippen LogP contribution in [0.2, 0.25) is 0 Å². The zero-order valence-corrected chi connectivity index (χ0v) is 12.1. The number of nitrogens with zero attached hydrogens (tertiary/aromatic N) is 1. The van der Waals surface area contributed by atoms with E-state index in [2.05, 4.69) is 26.1 Å². The van der Waals surface area contributed by atoms with Crippen molar-refractivity contribution in [3.63, 3.8) is 0 Å². The molecule has 1 aliphatic carbocycles. The van der Waals surface area contributed by atoms with E-state index in [1.165, 1.54) is 0 Å². The van der Waals surface area contributed by atoms with Gasteiger partial charge in [0, 0.05) is 24.5 Å². The van der Waals surface area contributed by atoms with Gasteiger partial charge in [-0.05, 0) is 45.7 Å². The van der Waals surface area contributed by atoms with Crippen molar-refractivity contribution in [3.8, 4) is 0 Å². The molecule has 2 rings (SSSR count). The van der Waals surface area contributed by atoms with Crippen LogP contribution in [0.25, 0.3) is 0 Å². The van der Waals surface area contributed by atoms with Crippen LogP contribution in [0.5, 0.6) is 0 Å². The highest BCUT2D eigenvalue weighted by atomic mass is 16.3. The molecule has 106 valence electrons. The van der Waals surface area contributed by atoms with Crippen molar-refractivity contribution in [1.82, 2.24) is 10.2 Å². The number of carbonyl (C=O) groups is 1. The fourth-order valence-corrected chi connectivity index (χ4v) is 2.07. The Balaban J connectivity index is 1.83. The lowest BCUT2D eigenvalue weighted by Gasteiger charge is -2.24. The molecule has 0 unspecified atom stereocenters. The molecule has 0 aliphatic heterocycles. The quantitative estimate of drug-likeness (QED) is 0.859. The Bertz CT molecular complexity index is 402. The maximum Gasteiger partial charge on any atom is 0.224 e. The molecular formula is C15H24N2O2. The number of carbonyl (C=O) groups excluding carboxylic acids is 1. The Morgan fingerprint density at radius 3 is 2.74 bits per heavy atom. The summed E-state index contributed by atoms with van der Waals surface area (Å²) < 4.78 is 5.34. The molecule has 0 radical (unpaired) electrons. The molecule has 1 fully saturated rings. The minimum absolute atomic E-state index is 0.0612. The highest BCUT2D eigenvalue weighted by Gasteiger charge is 2.32. The van der Waals surface area contributed by atoms with E-state index >= 15 is 0 Å². The van der Waals surface area contributed by atoms with Crippen LogP contribution in [-0.4, -0.2) is 28.9 Å². The van der Waals surface area contributed by atoms with Crippen LogP contribution >= 0.6 is 0 Å². The monoisotopic (exact) mass is 264 g/mol. The second-order valence-electron chi connectivity index (χ2n) is 6.26. The minimum Gasteiger partial charge on any atom is -0.467 e. The van der Waals surface area contributed by atoms with Crippen molar-refractivity contribution in [2.24, 2.45) is 0 Å². The van der Waals surface area contributed by atoms with Gasteiger partial charge >= 0.3 is 0 Å². The molecule has 0 bridgehead atoms. The van der Waals surface area contributed by atoms with Crippen LogP contribution in [0.3, 0.4) is 0 Å². The first-order valence-electron chi connectivity index (χ1n) is 7.02. The summed E-state index contributed by atoms with van der Waals surface area (Å²) in [4.78, 5) is 14.2. The van der Waals surface area contributed by atoms with Crippen molar-refractivity contribution in [2.75, 3.05) is 6.54 Å². The molecule has 1 heterocycles. The highest BCUT2D eigenvalue weighted by Crippen LogP contribution is 2.29. The van der Waals surface area contributed by atoms with E-state index in [0.29, 0.717) is 19.0 Å². The average Bonchev–Trinajstić information content (AvgIpc) is 3.01. The third-order valence-electron chi connectivity index (χ3n) is 3.21. The molecule has 19 heavy (non-hydrogen) atoms. The van der Waals surface area contributed by atoms with Crippen LogP contribution in [0.1, 0.15) is 45.8 Å². The normalized spacial score (nSPS) is 15.5. The number of rotatable bonds is 6. The van der Waals surface area contributed by atoms with Gasteiger partial charge in [0.05, 0.1) is 12.8 Å².